The van der Waals surface area contributed by atoms with Crippen molar-refractivity contribution in [3.8, 4) is 0 Å². The topological polar surface area (TPSA) is 70.8 Å². The number of nitrogens with one attached hydrogen (secondary N) is 1. The average Bonchev–Trinajstić information content (AvgIpc) is 2.80. The molecule has 1 aromatic carbocycles. The van der Waals surface area contributed by atoms with E-state index in [0.29, 0.717) is 25.2 Å². The van der Waals surface area contributed by atoms with Crippen LogP contribution in [-0.4, -0.2) is 70.9 Å². The van der Waals surface area contributed by atoms with E-state index in [1.165, 1.54) is 16.7 Å². The Balaban J connectivity index is 1.49. The molecule has 166 valence electrons. The average molecular weight is 425 g/mol. The highest BCUT2D eigenvalue weighted by atomic mass is 16.2. The number of piperazine rings is 1. The van der Waals surface area contributed by atoms with Crippen LogP contribution in [0, 0.1) is 6.92 Å². The summed E-state index contributed by atoms with van der Waals surface area (Å²) < 4.78 is 0. The molecule has 1 saturated heterocycles. The van der Waals surface area contributed by atoms with Crippen LogP contribution in [0.5, 0.6) is 0 Å². The van der Waals surface area contributed by atoms with Crippen LogP contribution in [0.2, 0.25) is 0 Å². The molecule has 1 aromatic heterocycles. The van der Waals surface area contributed by atoms with Crippen molar-refractivity contribution in [2.24, 2.45) is 0 Å². The Morgan fingerprint density at radius 2 is 1.81 bits per heavy atom. The number of aromatic nitrogens is 2. The Kier molecular flexibility index (Phi) is 8.53. The molecule has 1 fully saturated rings. The molecule has 0 spiro atoms. The highest BCUT2D eigenvalue weighted by Crippen LogP contribution is 2.07. The van der Waals surface area contributed by atoms with E-state index >= 15 is 0 Å². The second-order valence-electron chi connectivity index (χ2n) is 8.23. The molecular formula is C24H34N5O2+. The summed E-state index contributed by atoms with van der Waals surface area (Å²) in [5, 5.41) is 0. The minimum absolute atomic E-state index is 0.128. The Morgan fingerprint density at radius 3 is 2.45 bits per heavy atom. The second-order valence-corrected chi connectivity index (χ2v) is 8.23. The Bertz CT molecular complexity index is 833. The molecule has 1 aliphatic rings. The molecule has 3 rings (SSSR count). The number of amides is 2. The highest BCUT2D eigenvalue weighted by Gasteiger charge is 2.25. The zero-order valence-corrected chi connectivity index (χ0v) is 18.7. The largest absolute Gasteiger partial charge is 0.337 e. The standard InChI is InChI=1S/C24H33N5O2/c1-3-4-11-29(24(31)22-18-25-20(2)17-26-22)12-10-23(30)28-15-13-27(14-16-28)19-21-8-6-5-7-9-21/h5-9,17-18H,3-4,10-16,19H2,1-2H3/p+1. The first-order valence-corrected chi connectivity index (χ1v) is 11.3. The maximum absolute atomic E-state index is 12.9. The molecular weight excluding hydrogens is 390 g/mol. The fourth-order valence-corrected chi connectivity index (χ4v) is 3.85. The summed E-state index contributed by atoms with van der Waals surface area (Å²) in [5.74, 6) is -0.0195. The van der Waals surface area contributed by atoms with E-state index in [0.717, 1.165) is 51.3 Å². The van der Waals surface area contributed by atoms with Gasteiger partial charge >= 0.3 is 0 Å². The first kappa shape index (κ1) is 22.9. The Labute approximate surface area is 185 Å². The molecule has 7 nitrogen and oxygen atoms in total. The van der Waals surface area contributed by atoms with Gasteiger partial charge in [0, 0.05) is 31.3 Å². The Morgan fingerprint density at radius 1 is 1.06 bits per heavy atom. The number of nitrogens with zero attached hydrogens (tertiary/aromatic N) is 4. The number of carbonyl (C=O) groups excluding carboxylic acids is 2. The van der Waals surface area contributed by atoms with Gasteiger partial charge < -0.3 is 14.7 Å². The number of unbranched alkanes of at least 4 members (excludes halogenated alkanes) is 1. The zero-order chi connectivity index (χ0) is 22.1. The molecule has 0 bridgehead atoms. The molecule has 0 saturated carbocycles. The van der Waals surface area contributed by atoms with Crippen LogP contribution in [0.15, 0.2) is 42.7 Å². The van der Waals surface area contributed by atoms with E-state index in [9.17, 15) is 9.59 Å². The predicted octanol–water partition coefficient (Wildman–Crippen LogP) is 1.34. The van der Waals surface area contributed by atoms with E-state index < -0.39 is 0 Å². The van der Waals surface area contributed by atoms with Crippen molar-refractivity contribution in [1.29, 1.82) is 0 Å². The molecule has 0 atom stereocenters. The van der Waals surface area contributed by atoms with E-state index in [2.05, 4.69) is 41.2 Å². The summed E-state index contributed by atoms with van der Waals surface area (Å²) in [6, 6.07) is 10.5. The van der Waals surface area contributed by atoms with Crippen LogP contribution in [0.25, 0.3) is 0 Å². The molecule has 0 radical (unpaired) electrons. The summed E-state index contributed by atoms with van der Waals surface area (Å²) in [7, 11) is 0. The fraction of sp³-hybridized carbons (Fsp3) is 0.500. The van der Waals surface area contributed by atoms with Gasteiger partial charge in [-0.3, -0.25) is 14.6 Å². The minimum Gasteiger partial charge on any atom is -0.337 e. The van der Waals surface area contributed by atoms with Gasteiger partial charge in [0.1, 0.15) is 12.2 Å². The van der Waals surface area contributed by atoms with Crippen LogP contribution in [0.3, 0.4) is 0 Å². The molecule has 2 aromatic rings. The minimum atomic E-state index is -0.147. The van der Waals surface area contributed by atoms with Gasteiger partial charge in [0.15, 0.2) is 0 Å². The molecule has 7 heteroatoms. The predicted molar refractivity (Wildman–Crippen MR) is 120 cm³/mol. The fourth-order valence-electron chi connectivity index (χ4n) is 3.85. The second kappa shape index (κ2) is 11.6. The third-order valence-electron chi connectivity index (χ3n) is 5.78. The van der Waals surface area contributed by atoms with Crippen LogP contribution in [0.4, 0.5) is 0 Å². The lowest BCUT2D eigenvalue weighted by molar-refractivity contribution is -0.917. The van der Waals surface area contributed by atoms with E-state index in [1.54, 1.807) is 11.1 Å². The lowest BCUT2D eigenvalue weighted by atomic mass is 10.2. The molecule has 0 unspecified atom stereocenters. The number of hydrogen-bond acceptors (Lipinski definition) is 4. The summed E-state index contributed by atoms with van der Waals surface area (Å²) in [6.45, 7) is 9.45. The van der Waals surface area contributed by atoms with Gasteiger partial charge in [0.25, 0.3) is 5.91 Å². The molecule has 1 aliphatic heterocycles. The van der Waals surface area contributed by atoms with Gasteiger partial charge in [-0.1, -0.05) is 43.7 Å². The summed E-state index contributed by atoms with van der Waals surface area (Å²) >= 11 is 0. The zero-order valence-electron chi connectivity index (χ0n) is 18.7. The molecule has 0 aliphatic carbocycles. The lowest BCUT2D eigenvalue weighted by Gasteiger charge is -2.33. The number of rotatable bonds is 9. The highest BCUT2D eigenvalue weighted by molar-refractivity contribution is 5.92. The van der Waals surface area contributed by atoms with Gasteiger partial charge in [-0.05, 0) is 13.3 Å². The van der Waals surface area contributed by atoms with Gasteiger partial charge in [-0.15, -0.1) is 0 Å². The summed E-state index contributed by atoms with van der Waals surface area (Å²) in [4.78, 5) is 39.3. The van der Waals surface area contributed by atoms with Crippen LogP contribution in [-0.2, 0) is 11.3 Å². The van der Waals surface area contributed by atoms with E-state index in [1.807, 2.05) is 17.9 Å². The molecule has 2 amide bonds. The molecule has 31 heavy (non-hydrogen) atoms. The van der Waals surface area contributed by atoms with Crippen molar-refractivity contribution < 1.29 is 14.5 Å². The third-order valence-corrected chi connectivity index (χ3v) is 5.78. The normalized spacial score (nSPS) is 14.5. The maximum atomic E-state index is 12.9. The van der Waals surface area contributed by atoms with Crippen molar-refractivity contribution >= 4 is 11.8 Å². The number of carbonyl (C=O) groups is 2. The van der Waals surface area contributed by atoms with Crippen molar-refractivity contribution in [3.63, 3.8) is 0 Å². The van der Waals surface area contributed by atoms with E-state index in [-0.39, 0.29) is 11.8 Å². The number of hydrogen-bond donors (Lipinski definition) is 1. The van der Waals surface area contributed by atoms with Crippen molar-refractivity contribution in [2.75, 3.05) is 39.3 Å². The van der Waals surface area contributed by atoms with Crippen LogP contribution >= 0.6 is 0 Å². The first-order valence-electron chi connectivity index (χ1n) is 11.3. The smallest absolute Gasteiger partial charge is 0.274 e. The lowest BCUT2D eigenvalue weighted by Crippen LogP contribution is -3.13. The SMILES string of the molecule is CCCCN(CCC(=O)N1CC[NH+](Cc2ccccc2)CC1)C(=O)c1cnc(C)cn1. The van der Waals surface area contributed by atoms with Crippen LogP contribution < -0.4 is 4.90 Å². The molecule has 2 heterocycles. The number of quaternary nitrogens is 1. The maximum Gasteiger partial charge on any atom is 0.274 e. The first-order chi connectivity index (χ1) is 15.1. The monoisotopic (exact) mass is 424 g/mol. The van der Waals surface area contributed by atoms with Crippen molar-refractivity contribution in [1.82, 2.24) is 19.8 Å². The van der Waals surface area contributed by atoms with Crippen molar-refractivity contribution in [2.45, 2.75) is 39.7 Å². The summed E-state index contributed by atoms with van der Waals surface area (Å²) in [6.07, 6.45) is 5.37. The van der Waals surface area contributed by atoms with Gasteiger partial charge in [-0.25, -0.2) is 4.98 Å². The van der Waals surface area contributed by atoms with Gasteiger partial charge in [-0.2, -0.15) is 0 Å². The quantitative estimate of drug-likeness (QED) is 0.660. The third kappa shape index (κ3) is 6.85. The number of benzene rings is 1. The Hall–Kier alpha value is -2.80. The van der Waals surface area contributed by atoms with Gasteiger partial charge in [0.2, 0.25) is 5.91 Å². The number of aryl methyl sites for hydroxylation is 1. The van der Waals surface area contributed by atoms with Gasteiger partial charge in [0.05, 0.1) is 38.1 Å². The van der Waals surface area contributed by atoms with E-state index in [4.69, 9.17) is 0 Å². The summed E-state index contributed by atoms with van der Waals surface area (Å²) in [5.41, 5.74) is 2.45. The van der Waals surface area contributed by atoms with Crippen molar-refractivity contribution in [3.05, 3.63) is 59.7 Å². The molecule has 1 N–H and O–H groups in total. The van der Waals surface area contributed by atoms with Crippen LogP contribution in [0.1, 0.15) is 47.9 Å².